The quantitative estimate of drug-likeness (QED) is 0.375. The first-order valence-electron chi connectivity index (χ1n) is 10.5. The van der Waals surface area contributed by atoms with E-state index in [0.717, 1.165) is 5.56 Å². The van der Waals surface area contributed by atoms with Crippen LogP contribution in [0.4, 0.5) is 13.2 Å². The smallest absolute Gasteiger partial charge is 0.192 e. The van der Waals surface area contributed by atoms with Gasteiger partial charge < -0.3 is 4.42 Å². The van der Waals surface area contributed by atoms with Gasteiger partial charge in [-0.25, -0.2) is 18.2 Å². The topological polar surface area (TPSA) is 46.3 Å². The molecule has 4 rings (SSSR count). The van der Waals surface area contributed by atoms with E-state index in [9.17, 15) is 9.18 Å². The molecule has 0 aliphatic carbocycles. The lowest BCUT2D eigenvalue weighted by Gasteiger charge is -2.44. The monoisotopic (exact) mass is 442 g/mol. The Morgan fingerprint density at radius 3 is 2.53 bits per heavy atom. The van der Waals surface area contributed by atoms with Crippen molar-refractivity contribution in [3.05, 3.63) is 70.1 Å². The molecular formula is C25H25F3N2O2. The van der Waals surface area contributed by atoms with Gasteiger partial charge in [-0.3, -0.25) is 9.69 Å². The summed E-state index contributed by atoms with van der Waals surface area (Å²) in [5.41, 5.74) is 1.29. The van der Waals surface area contributed by atoms with Crippen molar-refractivity contribution in [2.45, 2.75) is 51.9 Å². The zero-order valence-corrected chi connectivity index (χ0v) is 18.5. The number of nitrogens with zero attached hydrogens (tertiary/aromatic N) is 2. The van der Waals surface area contributed by atoms with Crippen molar-refractivity contribution in [2.75, 3.05) is 6.54 Å². The van der Waals surface area contributed by atoms with E-state index in [1.807, 2.05) is 17.9 Å². The maximum absolute atomic E-state index is 15.4. The van der Waals surface area contributed by atoms with Crippen molar-refractivity contribution in [1.29, 1.82) is 0 Å². The molecule has 0 N–H and O–H groups in total. The fraction of sp³-hybridized carbons (Fsp3) is 0.360. The minimum atomic E-state index is -1.57. The number of fused-ring (bicyclic) bond motifs is 2. The molecule has 0 amide bonds. The van der Waals surface area contributed by atoms with E-state index in [4.69, 9.17) is 4.42 Å². The predicted molar refractivity (Wildman–Crippen MR) is 117 cm³/mol. The number of hydrogen-bond acceptors (Lipinski definition) is 4. The number of aromatic nitrogens is 1. The van der Waals surface area contributed by atoms with E-state index in [1.165, 1.54) is 38.1 Å². The van der Waals surface area contributed by atoms with Crippen molar-refractivity contribution in [3.8, 4) is 0 Å². The number of rotatable bonds is 5. The Labute approximate surface area is 184 Å². The van der Waals surface area contributed by atoms with E-state index < -0.39 is 23.3 Å². The van der Waals surface area contributed by atoms with Crippen LogP contribution in [0.25, 0.3) is 17.2 Å². The lowest BCUT2D eigenvalue weighted by molar-refractivity contribution is -0.104. The number of aryl methyl sites for hydroxylation is 1. The molecule has 1 aliphatic rings. The molecule has 0 bridgehead atoms. The molecule has 0 spiro atoms. The SMILES string of the molecule is Cc1nc2cc3c(cc2o1)CC(C)N(CC(C)(C)F)C3c1c(F)cc(/C=C/C=O)cc1F. The Morgan fingerprint density at radius 2 is 1.91 bits per heavy atom. The zero-order valence-electron chi connectivity index (χ0n) is 18.5. The number of benzene rings is 2. The van der Waals surface area contributed by atoms with Crippen LogP contribution in [0.3, 0.4) is 0 Å². The molecule has 32 heavy (non-hydrogen) atoms. The lowest BCUT2D eigenvalue weighted by atomic mass is 9.83. The summed E-state index contributed by atoms with van der Waals surface area (Å²) in [5, 5.41) is 0. The highest BCUT2D eigenvalue weighted by Crippen LogP contribution is 2.42. The molecule has 0 radical (unpaired) electrons. The highest BCUT2D eigenvalue weighted by molar-refractivity contribution is 5.76. The summed E-state index contributed by atoms with van der Waals surface area (Å²) >= 11 is 0. The van der Waals surface area contributed by atoms with Crippen LogP contribution in [-0.2, 0) is 11.2 Å². The number of halogens is 3. The highest BCUT2D eigenvalue weighted by atomic mass is 19.1. The normalized spacial score (nSPS) is 19.6. The number of hydrogen-bond donors (Lipinski definition) is 0. The summed E-state index contributed by atoms with van der Waals surface area (Å²) in [6.07, 6.45) is 3.64. The van der Waals surface area contributed by atoms with Gasteiger partial charge in [-0.2, -0.15) is 0 Å². The fourth-order valence-electron chi connectivity index (χ4n) is 4.56. The average molecular weight is 442 g/mol. The van der Waals surface area contributed by atoms with Crippen molar-refractivity contribution in [1.82, 2.24) is 9.88 Å². The molecule has 7 heteroatoms. The molecule has 0 saturated carbocycles. The first kappa shape index (κ1) is 22.3. The minimum Gasteiger partial charge on any atom is -0.441 e. The molecular weight excluding hydrogens is 417 g/mol. The van der Waals surface area contributed by atoms with E-state index in [1.54, 1.807) is 13.0 Å². The van der Waals surface area contributed by atoms with E-state index in [2.05, 4.69) is 4.98 Å². The van der Waals surface area contributed by atoms with Gasteiger partial charge in [-0.05, 0) is 74.2 Å². The minimum absolute atomic E-state index is 0.000169. The summed E-state index contributed by atoms with van der Waals surface area (Å²) < 4.78 is 51.1. The average Bonchev–Trinajstić information content (AvgIpc) is 3.04. The van der Waals surface area contributed by atoms with Crippen molar-refractivity contribution < 1.29 is 22.4 Å². The number of carbonyl (C=O) groups is 1. The number of alkyl halides is 1. The van der Waals surface area contributed by atoms with Crippen LogP contribution in [0, 0.1) is 18.6 Å². The Hall–Kier alpha value is -2.93. The predicted octanol–water partition coefficient (Wildman–Crippen LogP) is 5.71. The van der Waals surface area contributed by atoms with Crippen LogP contribution in [0.1, 0.15) is 55.0 Å². The molecule has 0 fully saturated rings. The molecule has 4 nitrogen and oxygen atoms in total. The van der Waals surface area contributed by atoms with Gasteiger partial charge in [0.05, 0.1) is 6.04 Å². The van der Waals surface area contributed by atoms with Crippen LogP contribution in [0.2, 0.25) is 0 Å². The van der Waals surface area contributed by atoms with Gasteiger partial charge >= 0.3 is 0 Å². The Kier molecular flexibility index (Phi) is 5.71. The van der Waals surface area contributed by atoms with Crippen LogP contribution >= 0.6 is 0 Å². The first-order chi connectivity index (χ1) is 15.1. The summed E-state index contributed by atoms with van der Waals surface area (Å²) in [6.45, 7) is 6.57. The standard InChI is InChI=1S/C25H25F3N2O2/c1-14-8-17-11-22-21(29-15(2)32-22)12-18(17)24(30(14)13-25(3,4)28)23-19(26)9-16(6-5-7-31)10-20(23)27/h5-7,9-12,14,24H,8,13H2,1-4H3/b6-5+. The lowest BCUT2D eigenvalue weighted by Crippen LogP contribution is -2.48. The molecule has 0 saturated heterocycles. The fourth-order valence-corrected chi connectivity index (χ4v) is 4.56. The van der Waals surface area contributed by atoms with Crippen LogP contribution in [-0.4, -0.2) is 34.4 Å². The second kappa shape index (κ2) is 8.20. The third-order valence-corrected chi connectivity index (χ3v) is 5.76. The molecule has 1 aliphatic heterocycles. The van der Waals surface area contributed by atoms with Gasteiger partial charge in [0.15, 0.2) is 11.5 Å². The van der Waals surface area contributed by atoms with Gasteiger partial charge in [0, 0.05) is 25.1 Å². The van der Waals surface area contributed by atoms with Crippen LogP contribution in [0.15, 0.2) is 34.8 Å². The Balaban J connectivity index is 1.94. The molecule has 3 aromatic rings. The number of allylic oxidation sites excluding steroid dienone is 1. The number of aldehydes is 1. The van der Waals surface area contributed by atoms with E-state index in [-0.39, 0.29) is 23.7 Å². The van der Waals surface area contributed by atoms with E-state index >= 15 is 8.78 Å². The highest BCUT2D eigenvalue weighted by Gasteiger charge is 2.39. The number of oxazole rings is 1. The third-order valence-electron chi connectivity index (χ3n) is 5.76. The van der Waals surface area contributed by atoms with Gasteiger partial charge in [-0.15, -0.1) is 0 Å². The summed E-state index contributed by atoms with van der Waals surface area (Å²) in [4.78, 5) is 16.8. The van der Waals surface area contributed by atoms with Crippen molar-refractivity contribution >= 4 is 23.5 Å². The van der Waals surface area contributed by atoms with Crippen molar-refractivity contribution in [3.63, 3.8) is 0 Å². The Morgan fingerprint density at radius 1 is 1.22 bits per heavy atom. The van der Waals surface area contributed by atoms with Gasteiger partial charge in [0.25, 0.3) is 0 Å². The van der Waals surface area contributed by atoms with Gasteiger partial charge in [0.1, 0.15) is 29.1 Å². The van der Waals surface area contributed by atoms with Crippen LogP contribution < -0.4 is 0 Å². The zero-order chi connectivity index (χ0) is 23.2. The summed E-state index contributed by atoms with van der Waals surface area (Å²) in [6, 6.07) is 5.02. The third kappa shape index (κ3) is 4.21. The largest absolute Gasteiger partial charge is 0.441 e. The molecule has 2 heterocycles. The van der Waals surface area contributed by atoms with Crippen molar-refractivity contribution in [2.24, 2.45) is 0 Å². The number of carbonyl (C=O) groups excluding carboxylic acids is 1. The van der Waals surface area contributed by atoms with Gasteiger partial charge in [-0.1, -0.05) is 6.08 Å². The maximum Gasteiger partial charge on any atom is 0.192 e. The maximum atomic E-state index is 15.4. The summed E-state index contributed by atoms with van der Waals surface area (Å²) in [7, 11) is 0. The molecule has 2 atom stereocenters. The second-order valence-corrected chi connectivity index (χ2v) is 8.99. The summed E-state index contributed by atoms with van der Waals surface area (Å²) in [5.74, 6) is -1.00. The molecule has 2 unspecified atom stereocenters. The molecule has 2 aromatic carbocycles. The first-order valence-corrected chi connectivity index (χ1v) is 10.5. The van der Waals surface area contributed by atoms with Crippen LogP contribution in [0.5, 0.6) is 0 Å². The molecule has 1 aromatic heterocycles. The van der Waals surface area contributed by atoms with E-state index in [0.29, 0.717) is 35.3 Å². The van der Waals surface area contributed by atoms with Gasteiger partial charge in [0.2, 0.25) is 0 Å². The Bertz CT molecular complexity index is 1190. The molecule has 168 valence electrons. The second-order valence-electron chi connectivity index (χ2n) is 8.99.